The van der Waals surface area contributed by atoms with E-state index in [-0.39, 0.29) is 23.1 Å². The van der Waals surface area contributed by atoms with E-state index in [1.807, 2.05) is 24.3 Å². The van der Waals surface area contributed by atoms with Crippen molar-refractivity contribution in [1.82, 2.24) is 10.7 Å². The highest BCUT2D eigenvalue weighted by atomic mass is 35.5. The van der Waals surface area contributed by atoms with Gasteiger partial charge in [-0.1, -0.05) is 35.9 Å². The fraction of sp³-hybridized carbons (Fsp3) is 0.179. The molecule has 4 rings (SSSR count). The minimum Gasteiger partial charge on any atom is -0.454 e. The van der Waals surface area contributed by atoms with Crippen LogP contribution in [0.25, 0.3) is 6.08 Å². The average Bonchev–Trinajstić information content (AvgIpc) is 3.38. The topological polar surface area (TPSA) is 92.3 Å². The van der Waals surface area contributed by atoms with Crippen molar-refractivity contribution in [1.29, 1.82) is 0 Å². The predicted molar refractivity (Wildman–Crippen MR) is 145 cm³/mol. The Labute approximate surface area is 220 Å². The van der Waals surface area contributed by atoms with Crippen LogP contribution in [0, 0.1) is 0 Å². The molecule has 37 heavy (non-hydrogen) atoms. The smallest absolute Gasteiger partial charge is 0.287 e. The van der Waals surface area contributed by atoms with Gasteiger partial charge in [0.2, 0.25) is 6.79 Å². The molecule has 0 unspecified atom stereocenters. The molecule has 3 aromatic carbocycles. The molecule has 3 aromatic rings. The van der Waals surface area contributed by atoms with Gasteiger partial charge in [-0.05, 0) is 73.5 Å². The van der Waals surface area contributed by atoms with Crippen LogP contribution in [0.1, 0.15) is 35.3 Å². The van der Waals surface area contributed by atoms with Crippen molar-refractivity contribution in [3.63, 3.8) is 0 Å². The predicted octanol–water partition coefficient (Wildman–Crippen LogP) is 4.84. The molecule has 9 heteroatoms. The summed E-state index contributed by atoms with van der Waals surface area (Å²) in [5.41, 5.74) is 5.26. The van der Waals surface area contributed by atoms with Crippen LogP contribution in [0.4, 0.5) is 5.69 Å². The molecule has 0 saturated carbocycles. The van der Waals surface area contributed by atoms with Crippen molar-refractivity contribution in [2.24, 2.45) is 5.10 Å². The second-order valence-electron chi connectivity index (χ2n) is 8.07. The molecule has 0 spiro atoms. The van der Waals surface area contributed by atoms with Crippen LogP contribution in [0.15, 0.2) is 77.5 Å². The number of carbonyl (C=O) groups excluding carboxylic acids is 2. The Kier molecular flexibility index (Phi) is 8.43. The maximum Gasteiger partial charge on any atom is 0.287 e. The number of amides is 2. The van der Waals surface area contributed by atoms with Gasteiger partial charge in [0.05, 0.1) is 16.8 Å². The Bertz CT molecular complexity index is 1330. The Morgan fingerprint density at radius 1 is 0.973 bits per heavy atom. The molecule has 0 fully saturated rings. The summed E-state index contributed by atoms with van der Waals surface area (Å²) in [6.07, 6.45) is 3.07. The molecule has 0 radical (unpaired) electrons. The van der Waals surface area contributed by atoms with E-state index in [1.165, 1.54) is 6.21 Å². The standard InChI is InChI=1S/C28H27ClN4O4/c1-3-33(4-2)21-12-9-19(10-13-21)15-24(31-27(34)22-7-5-6-8-23(22)29)28(35)32-30-17-20-11-14-25-26(16-20)37-18-36-25/h5-17H,3-4,18H2,1-2H3,(H,31,34)(H,32,35). The van der Waals surface area contributed by atoms with Gasteiger partial charge < -0.3 is 19.7 Å². The molecule has 0 aromatic heterocycles. The van der Waals surface area contributed by atoms with Gasteiger partial charge in [0, 0.05) is 18.8 Å². The lowest BCUT2D eigenvalue weighted by molar-refractivity contribution is -0.117. The van der Waals surface area contributed by atoms with Gasteiger partial charge in [-0.2, -0.15) is 5.10 Å². The monoisotopic (exact) mass is 518 g/mol. The van der Waals surface area contributed by atoms with Crippen LogP contribution < -0.4 is 25.1 Å². The molecule has 0 atom stereocenters. The summed E-state index contributed by atoms with van der Waals surface area (Å²) >= 11 is 6.18. The summed E-state index contributed by atoms with van der Waals surface area (Å²) in [6.45, 7) is 6.12. The van der Waals surface area contributed by atoms with E-state index in [0.29, 0.717) is 17.1 Å². The summed E-state index contributed by atoms with van der Waals surface area (Å²) in [6, 6.07) is 19.7. The zero-order valence-corrected chi connectivity index (χ0v) is 21.3. The SMILES string of the molecule is CCN(CC)c1ccc(C=C(NC(=O)c2ccccc2Cl)C(=O)NN=Cc2ccc3c(c2)OCO3)cc1. The first-order chi connectivity index (χ1) is 18.0. The lowest BCUT2D eigenvalue weighted by Gasteiger charge is -2.21. The number of hydrazone groups is 1. The van der Waals surface area contributed by atoms with Crippen LogP contribution >= 0.6 is 11.6 Å². The van der Waals surface area contributed by atoms with E-state index in [2.05, 4.69) is 34.6 Å². The lowest BCUT2D eigenvalue weighted by atomic mass is 10.1. The molecule has 0 bridgehead atoms. The summed E-state index contributed by atoms with van der Waals surface area (Å²) in [4.78, 5) is 28.2. The fourth-order valence-corrected chi connectivity index (χ4v) is 3.97. The van der Waals surface area contributed by atoms with Crippen LogP contribution in [0.2, 0.25) is 5.02 Å². The maximum atomic E-state index is 13.1. The maximum absolute atomic E-state index is 13.1. The summed E-state index contributed by atoms with van der Waals surface area (Å²) < 4.78 is 10.7. The Morgan fingerprint density at radius 2 is 1.68 bits per heavy atom. The van der Waals surface area contributed by atoms with Crippen LogP contribution in [0.5, 0.6) is 11.5 Å². The number of anilines is 1. The molecular formula is C28H27ClN4O4. The van der Waals surface area contributed by atoms with Crippen molar-refractivity contribution in [2.45, 2.75) is 13.8 Å². The molecule has 1 aliphatic heterocycles. The molecule has 2 amide bonds. The van der Waals surface area contributed by atoms with E-state index in [4.69, 9.17) is 21.1 Å². The minimum atomic E-state index is -0.592. The number of halogens is 1. The fourth-order valence-electron chi connectivity index (χ4n) is 3.75. The molecule has 190 valence electrons. The second-order valence-corrected chi connectivity index (χ2v) is 8.47. The molecule has 8 nitrogen and oxygen atoms in total. The zero-order valence-electron chi connectivity index (χ0n) is 20.5. The number of fused-ring (bicyclic) bond motifs is 1. The lowest BCUT2D eigenvalue weighted by Crippen LogP contribution is -2.33. The van der Waals surface area contributed by atoms with Crippen molar-refractivity contribution in [3.8, 4) is 11.5 Å². The number of nitrogens with one attached hydrogen (secondary N) is 2. The minimum absolute atomic E-state index is 0.0170. The van der Waals surface area contributed by atoms with E-state index in [1.54, 1.807) is 48.5 Å². The second kappa shape index (κ2) is 12.1. The van der Waals surface area contributed by atoms with E-state index < -0.39 is 11.8 Å². The number of ether oxygens (including phenoxy) is 2. The Balaban J connectivity index is 1.54. The highest BCUT2D eigenvalue weighted by Gasteiger charge is 2.17. The first-order valence-corrected chi connectivity index (χ1v) is 12.2. The number of hydrogen-bond donors (Lipinski definition) is 2. The summed E-state index contributed by atoms with van der Waals surface area (Å²) in [5.74, 6) is 0.161. The van der Waals surface area contributed by atoms with Gasteiger partial charge in [0.15, 0.2) is 11.5 Å². The first kappa shape index (κ1) is 25.8. The Morgan fingerprint density at radius 3 is 2.41 bits per heavy atom. The van der Waals surface area contributed by atoms with E-state index in [0.717, 1.165) is 24.3 Å². The molecule has 1 heterocycles. The highest BCUT2D eigenvalue weighted by molar-refractivity contribution is 6.34. The number of hydrogen-bond acceptors (Lipinski definition) is 6. The third-order valence-corrected chi connectivity index (χ3v) is 6.05. The molecule has 0 saturated heterocycles. The van der Waals surface area contributed by atoms with Crippen LogP contribution in [0.3, 0.4) is 0 Å². The number of rotatable bonds is 9. The van der Waals surface area contributed by atoms with Gasteiger partial charge in [0.25, 0.3) is 11.8 Å². The van der Waals surface area contributed by atoms with Crippen molar-refractivity contribution in [2.75, 3.05) is 24.8 Å². The third kappa shape index (κ3) is 6.48. The van der Waals surface area contributed by atoms with Gasteiger partial charge in [-0.25, -0.2) is 5.43 Å². The van der Waals surface area contributed by atoms with Gasteiger partial charge >= 0.3 is 0 Å². The zero-order chi connectivity index (χ0) is 26.2. The normalized spacial score (nSPS) is 12.5. The Hall–Kier alpha value is -4.30. The van der Waals surface area contributed by atoms with E-state index in [9.17, 15) is 9.59 Å². The molecule has 1 aliphatic rings. The molecular weight excluding hydrogens is 492 g/mol. The largest absolute Gasteiger partial charge is 0.454 e. The molecule has 0 aliphatic carbocycles. The van der Waals surface area contributed by atoms with Crippen LogP contribution in [-0.4, -0.2) is 37.9 Å². The number of benzene rings is 3. The van der Waals surface area contributed by atoms with Gasteiger partial charge in [-0.3, -0.25) is 9.59 Å². The van der Waals surface area contributed by atoms with Gasteiger partial charge in [0.1, 0.15) is 5.70 Å². The van der Waals surface area contributed by atoms with Crippen molar-refractivity contribution < 1.29 is 19.1 Å². The van der Waals surface area contributed by atoms with Gasteiger partial charge in [-0.15, -0.1) is 0 Å². The van der Waals surface area contributed by atoms with Crippen molar-refractivity contribution >= 4 is 41.4 Å². The quantitative estimate of drug-likeness (QED) is 0.240. The average molecular weight is 519 g/mol. The molecule has 2 N–H and O–H groups in total. The summed E-state index contributed by atoms with van der Waals surface area (Å²) in [5, 5.41) is 6.99. The number of carbonyl (C=O) groups is 2. The van der Waals surface area contributed by atoms with Crippen LogP contribution in [-0.2, 0) is 4.79 Å². The first-order valence-electron chi connectivity index (χ1n) is 11.8. The van der Waals surface area contributed by atoms with E-state index >= 15 is 0 Å². The third-order valence-electron chi connectivity index (χ3n) is 5.72. The van der Waals surface area contributed by atoms with Crippen molar-refractivity contribution in [3.05, 3.63) is 94.1 Å². The number of nitrogens with zero attached hydrogens (tertiary/aromatic N) is 2. The summed E-state index contributed by atoms with van der Waals surface area (Å²) in [7, 11) is 0. The highest BCUT2D eigenvalue weighted by Crippen LogP contribution is 2.32.